The van der Waals surface area contributed by atoms with E-state index >= 15 is 0 Å². The summed E-state index contributed by atoms with van der Waals surface area (Å²) in [6.07, 6.45) is 3.34. The van der Waals surface area contributed by atoms with Crippen LogP contribution >= 0.6 is 0 Å². The van der Waals surface area contributed by atoms with Gasteiger partial charge in [-0.05, 0) is 30.4 Å². The standard InChI is InChI=1S/C11H11N.2C2H6/c12-8-10-6-3-5-9-4-1-2-7-11(9)10;2*1-2/h1-2,4,7,10H,3,5-6H2;2*1-2H3. The number of benzene rings is 1. The van der Waals surface area contributed by atoms with Crippen molar-refractivity contribution in [3.63, 3.8) is 0 Å². The molecule has 2 rings (SSSR count). The van der Waals surface area contributed by atoms with E-state index in [1.54, 1.807) is 0 Å². The monoisotopic (exact) mass is 217 g/mol. The van der Waals surface area contributed by atoms with Crippen molar-refractivity contribution < 1.29 is 0 Å². The van der Waals surface area contributed by atoms with Crippen LogP contribution < -0.4 is 0 Å². The Morgan fingerprint density at radius 1 is 1.12 bits per heavy atom. The van der Waals surface area contributed by atoms with Crippen molar-refractivity contribution in [2.75, 3.05) is 0 Å². The summed E-state index contributed by atoms with van der Waals surface area (Å²) >= 11 is 0. The molecular formula is C15H23N. The fraction of sp³-hybridized carbons (Fsp3) is 0.533. The molecule has 0 spiro atoms. The maximum atomic E-state index is 8.89. The first-order chi connectivity index (χ1) is 7.92. The van der Waals surface area contributed by atoms with Crippen molar-refractivity contribution >= 4 is 0 Å². The summed E-state index contributed by atoms with van der Waals surface area (Å²) < 4.78 is 0. The first-order valence-electron chi connectivity index (χ1n) is 6.39. The minimum atomic E-state index is 0.148. The van der Waals surface area contributed by atoms with Gasteiger partial charge in [0.15, 0.2) is 0 Å². The zero-order valence-corrected chi connectivity index (χ0v) is 11.0. The second-order valence-electron chi connectivity index (χ2n) is 3.27. The van der Waals surface area contributed by atoms with Crippen molar-refractivity contribution in [3.05, 3.63) is 35.4 Å². The van der Waals surface area contributed by atoms with Crippen LogP contribution in [0.25, 0.3) is 0 Å². The molecule has 1 aliphatic rings. The number of hydrogen-bond donors (Lipinski definition) is 0. The van der Waals surface area contributed by atoms with Crippen LogP contribution in [0.15, 0.2) is 24.3 Å². The van der Waals surface area contributed by atoms with Crippen LogP contribution in [0.1, 0.15) is 57.6 Å². The van der Waals surface area contributed by atoms with Crippen LogP contribution in [-0.4, -0.2) is 0 Å². The summed E-state index contributed by atoms with van der Waals surface area (Å²) in [5.41, 5.74) is 2.63. The molecule has 0 N–H and O–H groups in total. The maximum absolute atomic E-state index is 8.89. The third-order valence-electron chi connectivity index (χ3n) is 2.53. The highest BCUT2D eigenvalue weighted by atomic mass is 14.3. The molecule has 0 saturated carbocycles. The topological polar surface area (TPSA) is 23.8 Å². The maximum Gasteiger partial charge on any atom is 0.0715 e. The minimum absolute atomic E-state index is 0.148. The quantitative estimate of drug-likeness (QED) is 0.619. The Labute approximate surface area is 100 Å². The number of hydrogen-bond acceptors (Lipinski definition) is 1. The highest BCUT2D eigenvalue weighted by Crippen LogP contribution is 2.30. The van der Waals surface area contributed by atoms with Crippen LogP contribution in [0.5, 0.6) is 0 Å². The van der Waals surface area contributed by atoms with Crippen molar-refractivity contribution in [2.45, 2.75) is 52.9 Å². The second-order valence-corrected chi connectivity index (χ2v) is 3.27. The Hall–Kier alpha value is -1.29. The van der Waals surface area contributed by atoms with E-state index in [1.165, 1.54) is 11.1 Å². The smallest absolute Gasteiger partial charge is 0.0715 e. The van der Waals surface area contributed by atoms with Gasteiger partial charge in [0.05, 0.1) is 12.0 Å². The van der Waals surface area contributed by atoms with E-state index in [2.05, 4.69) is 24.3 Å². The van der Waals surface area contributed by atoms with Gasteiger partial charge in [-0.15, -0.1) is 0 Å². The Balaban J connectivity index is 0.000000509. The van der Waals surface area contributed by atoms with Gasteiger partial charge in [-0.25, -0.2) is 0 Å². The summed E-state index contributed by atoms with van der Waals surface area (Å²) in [7, 11) is 0. The molecule has 1 aromatic carbocycles. The van der Waals surface area contributed by atoms with Crippen molar-refractivity contribution in [2.24, 2.45) is 0 Å². The summed E-state index contributed by atoms with van der Waals surface area (Å²) in [5, 5.41) is 8.89. The molecule has 0 saturated heterocycles. The van der Waals surface area contributed by atoms with Crippen LogP contribution in [0.4, 0.5) is 0 Å². The van der Waals surface area contributed by atoms with E-state index < -0.39 is 0 Å². The van der Waals surface area contributed by atoms with E-state index in [9.17, 15) is 0 Å². The van der Waals surface area contributed by atoms with E-state index in [0.29, 0.717) is 0 Å². The molecular weight excluding hydrogens is 194 g/mol. The zero-order chi connectivity index (χ0) is 12.4. The van der Waals surface area contributed by atoms with Gasteiger partial charge in [0.25, 0.3) is 0 Å². The predicted octanol–water partition coefficient (Wildman–Crippen LogP) is 4.68. The number of aryl methyl sites for hydroxylation is 1. The third-order valence-corrected chi connectivity index (χ3v) is 2.53. The third kappa shape index (κ3) is 3.70. The second kappa shape index (κ2) is 8.97. The van der Waals surface area contributed by atoms with Crippen LogP contribution in [0.3, 0.4) is 0 Å². The molecule has 88 valence electrons. The minimum Gasteiger partial charge on any atom is -0.198 e. The molecule has 0 radical (unpaired) electrons. The van der Waals surface area contributed by atoms with Gasteiger partial charge in [0.1, 0.15) is 0 Å². The lowest BCUT2D eigenvalue weighted by Crippen LogP contribution is -2.07. The van der Waals surface area contributed by atoms with Crippen LogP contribution in [0.2, 0.25) is 0 Å². The Bertz CT molecular complexity index is 322. The van der Waals surface area contributed by atoms with Crippen LogP contribution in [0, 0.1) is 11.3 Å². The lowest BCUT2D eigenvalue weighted by Gasteiger charge is -2.19. The molecule has 0 aromatic heterocycles. The SMILES string of the molecule is CC.CC.N#CC1CCCc2ccccc21. The summed E-state index contributed by atoms with van der Waals surface area (Å²) in [5.74, 6) is 0.148. The van der Waals surface area contributed by atoms with E-state index in [4.69, 9.17) is 5.26 Å². The van der Waals surface area contributed by atoms with Crippen LogP contribution in [-0.2, 0) is 6.42 Å². The highest BCUT2D eigenvalue weighted by Gasteiger charge is 2.18. The number of fused-ring (bicyclic) bond motifs is 1. The first kappa shape index (κ1) is 14.7. The molecule has 1 atom stereocenters. The molecule has 0 fully saturated rings. The van der Waals surface area contributed by atoms with Gasteiger partial charge < -0.3 is 0 Å². The predicted molar refractivity (Wildman–Crippen MR) is 70.4 cm³/mol. The molecule has 0 bridgehead atoms. The molecule has 16 heavy (non-hydrogen) atoms. The average molecular weight is 217 g/mol. The number of nitrogens with zero attached hydrogens (tertiary/aromatic N) is 1. The number of nitriles is 1. The Morgan fingerprint density at radius 3 is 2.38 bits per heavy atom. The zero-order valence-electron chi connectivity index (χ0n) is 11.0. The molecule has 0 heterocycles. The largest absolute Gasteiger partial charge is 0.198 e. The Kier molecular flexibility index (Phi) is 8.25. The van der Waals surface area contributed by atoms with E-state index in [0.717, 1.165) is 19.3 Å². The molecule has 0 aliphatic heterocycles. The van der Waals surface area contributed by atoms with Gasteiger partial charge in [-0.2, -0.15) is 5.26 Å². The van der Waals surface area contributed by atoms with Gasteiger partial charge in [-0.3, -0.25) is 0 Å². The van der Waals surface area contributed by atoms with Gasteiger partial charge >= 0.3 is 0 Å². The molecule has 0 amide bonds. The molecule has 1 aromatic rings. The van der Waals surface area contributed by atoms with Crippen molar-refractivity contribution in [1.29, 1.82) is 5.26 Å². The summed E-state index contributed by atoms with van der Waals surface area (Å²) in [4.78, 5) is 0. The lowest BCUT2D eigenvalue weighted by atomic mass is 9.84. The van der Waals surface area contributed by atoms with Gasteiger partial charge in [-0.1, -0.05) is 52.0 Å². The average Bonchev–Trinajstić information content (AvgIpc) is 2.42. The first-order valence-corrected chi connectivity index (χ1v) is 6.39. The molecule has 1 aliphatic carbocycles. The normalized spacial score (nSPS) is 16.6. The van der Waals surface area contributed by atoms with Crippen molar-refractivity contribution in [3.8, 4) is 6.07 Å². The summed E-state index contributed by atoms with van der Waals surface area (Å²) in [6.45, 7) is 8.00. The molecule has 1 heteroatoms. The van der Waals surface area contributed by atoms with Crippen molar-refractivity contribution in [1.82, 2.24) is 0 Å². The molecule has 1 unspecified atom stereocenters. The van der Waals surface area contributed by atoms with E-state index in [-0.39, 0.29) is 5.92 Å². The Morgan fingerprint density at radius 2 is 1.75 bits per heavy atom. The highest BCUT2D eigenvalue weighted by molar-refractivity contribution is 5.35. The number of rotatable bonds is 0. The fourth-order valence-corrected chi connectivity index (χ4v) is 1.89. The van der Waals surface area contributed by atoms with Gasteiger partial charge in [0, 0.05) is 0 Å². The lowest BCUT2D eigenvalue weighted by molar-refractivity contribution is 0.637. The molecule has 1 nitrogen and oxygen atoms in total. The fourth-order valence-electron chi connectivity index (χ4n) is 1.89. The summed E-state index contributed by atoms with van der Waals surface area (Å²) in [6, 6.07) is 10.7. The van der Waals surface area contributed by atoms with E-state index in [1.807, 2.05) is 33.8 Å². The van der Waals surface area contributed by atoms with Gasteiger partial charge in [0.2, 0.25) is 0 Å².